The Kier molecular flexibility index (Phi) is 5.44. The molecule has 3 aromatic carbocycles. The lowest BCUT2D eigenvalue weighted by Gasteiger charge is -2.10. The van der Waals surface area contributed by atoms with Crippen molar-refractivity contribution < 1.29 is 22.3 Å². The highest BCUT2D eigenvalue weighted by Crippen LogP contribution is 2.43. The molecule has 0 heterocycles. The number of fused-ring (bicyclic) bond motifs is 1. The number of alkyl halides is 3. The van der Waals surface area contributed by atoms with E-state index in [0.29, 0.717) is 11.5 Å². The van der Waals surface area contributed by atoms with Crippen LogP contribution >= 0.6 is 0 Å². The molecule has 0 saturated heterocycles. The molecule has 0 aliphatic heterocycles. The van der Waals surface area contributed by atoms with Crippen molar-refractivity contribution in [1.82, 2.24) is 0 Å². The fourth-order valence-electron chi connectivity index (χ4n) is 3.89. The first kappa shape index (κ1) is 20.9. The minimum Gasteiger partial charge on any atom is -0.457 e. The molecule has 0 amide bonds. The van der Waals surface area contributed by atoms with Crippen molar-refractivity contribution in [3.8, 4) is 11.5 Å². The Balaban J connectivity index is 1.64. The van der Waals surface area contributed by atoms with Gasteiger partial charge in [0, 0.05) is 0 Å². The normalized spacial score (nSPS) is 14.8. The van der Waals surface area contributed by atoms with E-state index < -0.39 is 11.7 Å². The van der Waals surface area contributed by atoms with Crippen LogP contribution < -0.4 is 4.74 Å². The molecule has 0 saturated carbocycles. The van der Waals surface area contributed by atoms with E-state index in [9.17, 15) is 17.6 Å². The van der Waals surface area contributed by atoms with Crippen molar-refractivity contribution in [3.63, 3.8) is 0 Å². The number of benzene rings is 3. The Bertz CT molecular complexity index is 1180. The molecule has 0 spiro atoms. The van der Waals surface area contributed by atoms with Gasteiger partial charge in [-0.25, -0.2) is 4.39 Å². The Hall–Kier alpha value is -3.34. The maximum absolute atomic E-state index is 13.8. The summed E-state index contributed by atoms with van der Waals surface area (Å²) in [5.74, 6) is 0.582. The van der Waals surface area contributed by atoms with Crippen molar-refractivity contribution in [3.05, 3.63) is 100 Å². The lowest BCUT2D eigenvalue weighted by molar-refractivity contribution is -0.137. The van der Waals surface area contributed by atoms with Gasteiger partial charge in [0.15, 0.2) is 0 Å². The zero-order valence-corrected chi connectivity index (χ0v) is 17.1. The molecule has 0 radical (unpaired) electrons. The molecule has 0 bridgehead atoms. The molecule has 1 nitrogen and oxygen atoms in total. The average molecular weight is 424 g/mol. The summed E-state index contributed by atoms with van der Waals surface area (Å²) in [4.78, 5) is 0. The van der Waals surface area contributed by atoms with Gasteiger partial charge in [0.2, 0.25) is 0 Å². The quantitative estimate of drug-likeness (QED) is 0.382. The van der Waals surface area contributed by atoms with E-state index in [1.807, 2.05) is 31.2 Å². The van der Waals surface area contributed by atoms with Gasteiger partial charge >= 0.3 is 6.18 Å². The molecule has 0 unspecified atom stereocenters. The summed E-state index contributed by atoms with van der Waals surface area (Å²) in [7, 11) is 0. The molecular weight excluding hydrogens is 404 g/mol. The highest BCUT2D eigenvalue weighted by atomic mass is 19.4. The smallest absolute Gasteiger partial charge is 0.416 e. The minimum absolute atomic E-state index is 0.259. The SMILES string of the molecule is CCC1=C(C)/C(=C/c2cccc(Oc3ccc(C(F)(F)F)cc3)c2)c2ccc(F)cc21. The summed E-state index contributed by atoms with van der Waals surface area (Å²) in [5, 5.41) is 0. The molecule has 31 heavy (non-hydrogen) atoms. The molecule has 0 atom stereocenters. The monoisotopic (exact) mass is 424 g/mol. The second-order valence-corrected chi connectivity index (χ2v) is 7.40. The van der Waals surface area contributed by atoms with Gasteiger partial charge in [-0.05, 0) is 101 Å². The van der Waals surface area contributed by atoms with E-state index in [-0.39, 0.29) is 5.82 Å². The summed E-state index contributed by atoms with van der Waals surface area (Å²) in [6.45, 7) is 4.08. The van der Waals surface area contributed by atoms with E-state index in [1.165, 1.54) is 18.2 Å². The van der Waals surface area contributed by atoms with Crippen LogP contribution in [0.15, 0.2) is 72.3 Å². The van der Waals surface area contributed by atoms with E-state index in [2.05, 4.69) is 6.92 Å². The van der Waals surface area contributed by atoms with Gasteiger partial charge in [-0.15, -0.1) is 0 Å². The van der Waals surface area contributed by atoms with Gasteiger partial charge in [-0.3, -0.25) is 0 Å². The second-order valence-electron chi connectivity index (χ2n) is 7.40. The largest absolute Gasteiger partial charge is 0.457 e. The molecule has 0 aromatic heterocycles. The summed E-state index contributed by atoms with van der Waals surface area (Å²) in [5.41, 5.74) is 5.33. The average Bonchev–Trinajstić information content (AvgIpc) is 2.98. The fraction of sp³-hybridized carbons (Fsp3) is 0.154. The van der Waals surface area contributed by atoms with Crippen molar-refractivity contribution >= 4 is 17.2 Å². The number of ether oxygens (including phenoxy) is 1. The second kappa shape index (κ2) is 8.06. The zero-order valence-electron chi connectivity index (χ0n) is 17.1. The van der Waals surface area contributed by atoms with E-state index in [4.69, 9.17) is 4.74 Å². The van der Waals surface area contributed by atoms with E-state index in [0.717, 1.165) is 52.0 Å². The third-order valence-corrected chi connectivity index (χ3v) is 5.39. The summed E-state index contributed by atoms with van der Waals surface area (Å²) < 4.78 is 57.7. The molecular formula is C26H20F4O. The first-order valence-corrected chi connectivity index (χ1v) is 9.93. The Morgan fingerprint density at radius 1 is 0.871 bits per heavy atom. The van der Waals surface area contributed by atoms with Crippen molar-refractivity contribution in [1.29, 1.82) is 0 Å². The lowest BCUT2D eigenvalue weighted by atomic mass is 10.0. The molecule has 5 heteroatoms. The van der Waals surface area contributed by atoms with Crippen LogP contribution in [0.2, 0.25) is 0 Å². The number of allylic oxidation sites excluding steroid dienone is 3. The third-order valence-electron chi connectivity index (χ3n) is 5.39. The Morgan fingerprint density at radius 3 is 2.29 bits per heavy atom. The van der Waals surface area contributed by atoms with Crippen molar-refractivity contribution in [2.45, 2.75) is 26.4 Å². The van der Waals surface area contributed by atoms with E-state index in [1.54, 1.807) is 18.2 Å². The van der Waals surface area contributed by atoms with Gasteiger partial charge in [0.25, 0.3) is 0 Å². The molecule has 0 fully saturated rings. The fourth-order valence-corrected chi connectivity index (χ4v) is 3.89. The molecule has 0 N–H and O–H groups in total. The van der Waals surface area contributed by atoms with Crippen LogP contribution in [0.25, 0.3) is 17.2 Å². The number of hydrogen-bond acceptors (Lipinski definition) is 1. The third kappa shape index (κ3) is 4.26. The van der Waals surface area contributed by atoms with Crippen molar-refractivity contribution in [2.24, 2.45) is 0 Å². The molecule has 1 aliphatic rings. The highest BCUT2D eigenvalue weighted by Gasteiger charge is 2.30. The Morgan fingerprint density at radius 2 is 1.61 bits per heavy atom. The van der Waals surface area contributed by atoms with Crippen LogP contribution in [-0.4, -0.2) is 0 Å². The maximum Gasteiger partial charge on any atom is 0.416 e. The predicted octanol–water partition coefficient (Wildman–Crippen LogP) is 8.37. The number of hydrogen-bond donors (Lipinski definition) is 0. The van der Waals surface area contributed by atoms with Crippen LogP contribution in [0.3, 0.4) is 0 Å². The first-order valence-electron chi connectivity index (χ1n) is 9.93. The van der Waals surface area contributed by atoms with Crippen molar-refractivity contribution in [2.75, 3.05) is 0 Å². The van der Waals surface area contributed by atoms with Crippen LogP contribution in [0.4, 0.5) is 17.6 Å². The summed E-state index contributed by atoms with van der Waals surface area (Å²) in [6.07, 6.45) is -1.56. The lowest BCUT2D eigenvalue weighted by Crippen LogP contribution is -2.03. The number of rotatable bonds is 4. The van der Waals surface area contributed by atoms with E-state index >= 15 is 0 Å². The predicted molar refractivity (Wildman–Crippen MR) is 115 cm³/mol. The Labute approximate surface area is 178 Å². The zero-order chi connectivity index (χ0) is 22.2. The van der Waals surface area contributed by atoms with Crippen LogP contribution in [0, 0.1) is 5.82 Å². The molecule has 3 aromatic rings. The van der Waals surface area contributed by atoms with Crippen LogP contribution in [-0.2, 0) is 6.18 Å². The van der Waals surface area contributed by atoms with Gasteiger partial charge in [0.1, 0.15) is 17.3 Å². The van der Waals surface area contributed by atoms with Crippen LogP contribution in [0.5, 0.6) is 11.5 Å². The molecule has 158 valence electrons. The molecule has 1 aliphatic carbocycles. The number of halogens is 4. The summed E-state index contributed by atoms with van der Waals surface area (Å²) in [6, 6.07) is 16.7. The minimum atomic E-state index is -4.38. The van der Waals surface area contributed by atoms with Gasteiger partial charge in [-0.1, -0.05) is 25.1 Å². The molecule has 4 rings (SSSR count). The van der Waals surface area contributed by atoms with Gasteiger partial charge in [0.05, 0.1) is 5.56 Å². The van der Waals surface area contributed by atoms with Gasteiger partial charge in [-0.2, -0.15) is 13.2 Å². The maximum atomic E-state index is 13.8. The van der Waals surface area contributed by atoms with Gasteiger partial charge < -0.3 is 4.74 Å². The highest BCUT2D eigenvalue weighted by molar-refractivity contribution is 6.05. The topological polar surface area (TPSA) is 9.23 Å². The standard InChI is InChI=1S/C26H20F4O/c1-3-22-16(2)24(23-12-9-19(27)15-25(22)23)14-17-5-4-6-21(13-17)31-20-10-7-18(8-11-20)26(28,29)30/h4-15H,3H2,1-2H3/b24-14-. The van der Waals surface area contributed by atoms with Crippen LogP contribution in [0.1, 0.15) is 42.5 Å². The first-order chi connectivity index (χ1) is 14.8. The summed E-state index contributed by atoms with van der Waals surface area (Å²) >= 11 is 0.